The Morgan fingerprint density at radius 3 is 2.41 bits per heavy atom. The molecule has 122 valence electrons. The van der Waals surface area contributed by atoms with Crippen LogP contribution in [0.3, 0.4) is 0 Å². The molecule has 1 aromatic rings. The van der Waals surface area contributed by atoms with Crippen molar-refractivity contribution in [2.24, 2.45) is 0 Å². The largest absolute Gasteiger partial charge is 0.495 e. The van der Waals surface area contributed by atoms with E-state index in [0.29, 0.717) is 0 Å². The molecule has 4 heteroatoms. The number of ether oxygens (including phenoxy) is 1. The van der Waals surface area contributed by atoms with Crippen LogP contribution in [0, 0.1) is 0 Å². The van der Waals surface area contributed by atoms with Crippen LogP contribution >= 0.6 is 0 Å². The van der Waals surface area contributed by atoms with E-state index in [4.69, 9.17) is 10.5 Å². The number of anilines is 2. The van der Waals surface area contributed by atoms with E-state index in [-0.39, 0.29) is 0 Å². The lowest BCUT2D eigenvalue weighted by atomic mass is 10.0. The lowest BCUT2D eigenvalue weighted by Crippen LogP contribution is -2.44. The summed E-state index contributed by atoms with van der Waals surface area (Å²) in [5.74, 6) is 0.800. The van der Waals surface area contributed by atoms with Gasteiger partial charge in [-0.15, -0.1) is 0 Å². The third-order valence-electron chi connectivity index (χ3n) is 5.27. The quantitative estimate of drug-likeness (QED) is 0.869. The number of aryl methyl sites for hydroxylation is 1. The molecule has 2 aliphatic heterocycles. The molecule has 0 atom stereocenters. The maximum atomic E-state index is 6.06. The summed E-state index contributed by atoms with van der Waals surface area (Å²) in [6.45, 7) is 7.09. The summed E-state index contributed by atoms with van der Waals surface area (Å²) in [5, 5.41) is 0. The minimum atomic E-state index is 0.745. The van der Waals surface area contributed by atoms with Crippen molar-refractivity contribution in [1.29, 1.82) is 0 Å². The lowest BCUT2D eigenvalue weighted by Gasteiger charge is -2.38. The van der Waals surface area contributed by atoms with Crippen LogP contribution in [0.2, 0.25) is 0 Å². The van der Waals surface area contributed by atoms with Crippen LogP contribution in [0.15, 0.2) is 12.1 Å². The molecule has 2 fully saturated rings. The number of rotatable bonds is 4. The fraction of sp³-hybridized carbons (Fsp3) is 0.667. The molecule has 1 aromatic carbocycles. The van der Waals surface area contributed by atoms with E-state index < -0.39 is 0 Å². The Kier molecular flexibility index (Phi) is 4.77. The van der Waals surface area contributed by atoms with Crippen LogP contribution in [0.4, 0.5) is 11.4 Å². The van der Waals surface area contributed by atoms with Crippen molar-refractivity contribution < 1.29 is 4.74 Å². The lowest BCUT2D eigenvalue weighted by molar-refractivity contribution is 0.208. The van der Waals surface area contributed by atoms with Gasteiger partial charge in [0.2, 0.25) is 0 Å². The van der Waals surface area contributed by atoms with E-state index in [1.807, 2.05) is 0 Å². The van der Waals surface area contributed by atoms with Crippen LogP contribution in [0.1, 0.15) is 38.2 Å². The van der Waals surface area contributed by atoms with Crippen LogP contribution in [-0.2, 0) is 6.42 Å². The van der Waals surface area contributed by atoms with Gasteiger partial charge in [-0.1, -0.05) is 6.92 Å². The molecular formula is C18H29N3O. The topological polar surface area (TPSA) is 41.7 Å². The number of likely N-dealkylation sites (tertiary alicyclic amines) is 1. The van der Waals surface area contributed by atoms with Gasteiger partial charge in [0.1, 0.15) is 5.75 Å². The summed E-state index contributed by atoms with van der Waals surface area (Å²) in [4.78, 5) is 5.22. The zero-order valence-electron chi connectivity index (χ0n) is 14.0. The number of hydrogen-bond donors (Lipinski definition) is 1. The molecule has 4 nitrogen and oxygen atoms in total. The molecule has 0 aliphatic carbocycles. The van der Waals surface area contributed by atoms with Gasteiger partial charge in [-0.05, 0) is 56.8 Å². The molecule has 2 heterocycles. The zero-order valence-corrected chi connectivity index (χ0v) is 14.0. The highest BCUT2D eigenvalue weighted by atomic mass is 16.5. The summed E-state index contributed by atoms with van der Waals surface area (Å²) >= 11 is 0. The Morgan fingerprint density at radius 2 is 1.82 bits per heavy atom. The van der Waals surface area contributed by atoms with Crippen LogP contribution in [0.25, 0.3) is 0 Å². The molecule has 0 radical (unpaired) electrons. The highest BCUT2D eigenvalue weighted by Gasteiger charge is 2.27. The average molecular weight is 303 g/mol. The highest BCUT2D eigenvalue weighted by Crippen LogP contribution is 2.34. The van der Waals surface area contributed by atoms with Crippen molar-refractivity contribution in [1.82, 2.24) is 4.90 Å². The van der Waals surface area contributed by atoms with Gasteiger partial charge in [-0.25, -0.2) is 0 Å². The van der Waals surface area contributed by atoms with Gasteiger partial charge in [-0.3, -0.25) is 0 Å². The van der Waals surface area contributed by atoms with Gasteiger partial charge < -0.3 is 20.3 Å². The van der Waals surface area contributed by atoms with Gasteiger partial charge in [0.15, 0.2) is 0 Å². The molecule has 0 aromatic heterocycles. The molecule has 0 bridgehead atoms. The third kappa shape index (κ3) is 3.02. The van der Waals surface area contributed by atoms with Crippen LogP contribution < -0.4 is 15.4 Å². The maximum Gasteiger partial charge on any atom is 0.143 e. The molecule has 2 aliphatic rings. The third-order valence-corrected chi connectivity index (χ3v) is 5.27. The Hall–Kier alpha value is -1.42. The normalized spacial score (nSPS) is 20.5. The number of methoxy groups -OCH3 is 1. The van der Waals surface area contributed by atoms with E-state index in [9.17, 15) is 0 Å². The summed E-state index contributed by atoms with van der Waals surface area (Å²) in [7, 11) is 1.70. The molecule has 2 N–H and O–H groups in total. The summed E-state index contributed by atoms with van der Waals surface area (Å²) in [5.41, 5.74) is 9.45. The second kappa shape index (κ2) is 6.78. The number of nitrogens with zero attached hydrogens (tertiary/aromatic N) is 2. The maximum absolute atomic E-state index is 6.06. The molecule has 3 rings (SSSR count). The van der Waals surface area contributed by atoms with Crippen molar-refractivity contribution in [2.45, 2.75) is 45.1 Å². The number of nitrogen functional groups attached to an aromatic ring is 1. The van der Waals surface area contributed by atoms with E-state index in [1.54, 1.807) is 7.11 Å². The monoisotopic (exact) mass is 303 g/mol. The average Bonchev–Trinajstić information content (AvgIpc) is 3.09. The summed E-state index contributed by atoms with van der Waals surface area (Å²) < 4.78 is 5.42. The van der Waals surface area contributed by atoms with E-state index >= 15 is 0 Å². The zero-order chi connectivity index (χ0) is 15.5. The van der Waals surface area contributed by atoms with Gasteiger partial charge >= 0.3 is 0 Å². The van der Waals surface area contributed by atoms with Crippen molar-refractivity contribution in [3.8, 4) is 5.75 Å². The van der Waals surface area contributed by atoms with Crippen LogP contribution in [0.5, 0.6) is 5.75 Å². The molecule has 0 saturated carbocycles. The highest BCUT2D eigenvalue weighted by molar-refractivity contribution is 5.67. The van der Waals surface area contributed by atoms with Gasteiger partial charge in [0.25, 0.3) is 0 Å². The fourth-order valence-corrected chi connectivity index (χ4v) is 3.97. The van der Waals surface area contributed by atoms with Crippen molar-refractivity contribution in [3.05, 3.63) is 17.7 Å². The summed E-state index contributed by atoms with van der Waals surface area (Å²) in [6.07, 6.45) is 6.33. The second-order valence-electron chi connectivity index (χ2n) is 6.54. The van der Waals surface area contributed by atoms with Crippen molar-refractivity contribution >= 4 is 11.4 Å². The number of hydrogen-bond acceptors (Lipinski definition) is 4. The van der Waals surface area contributed by atoms with Crippen molar-refractivity contribution in [2.75, 3.05) is 43.9 Å². The Morgan fingerprint density at radius 1 is 1.14 bits per heavy atom. The van der Waals surface area contributed by atoms with Gasteiger partial charge in [0.05, 0.1) is 12.8 Å². The Labute approximate surface area is 134 Å². The Balaban J connectivity index is 1.72. The number of nitrogens with two attached hydrogens (primary N) is 1. The molecule has 22 heavy (non-hydrogen) atoms. The summed E-state index contributed by atoms with van der Waals surface area (Å²) in [6, 6.07) is 5.00. The van der Waals surface area contributed by atoms with E-state index in [1.165, 1.54) is 50.0 Å². The number of benzene rings is 1. The molecular weight excluding hydrogens is 274 g/mol. The predicted molar refractivity (Wildman–Crippen MR) is 92.8 cm³/mol. The second-order valence-corrected chi connectivity index (χ2v) is 6.54. The minimum absolute atomic E-state index is 0.745. The minimum Gasteiger partial charge on any atom is -0.495 e. The van der Waals surface area contributed by atoms with Gasteiger partial charge in [-0.2, -0.15) is 0 Å². The first-order valence-electron chi connectivity index (χ1n) is 8.68. The van der Waals surface area contributed by atoms with E-state index in [0.717, 1.165) is 37.0 Å². The van der Waals surface area contributed by atoms with E-state index in [2.05, 4.69) is 28.9 Å². The molecule has 0 spiro atoms. The fourth-order valence-electron chi connectivity index (χ4n) is 3.97. The first-order chi connectivity index (χ1) is 10.7. The standard InChI is InChI=1S/C18H29N3O/c1-3-14-12-16(19)18(22-2)13-17(14)21-10-6-15(7-11-21)20-8-4-5-9-20/h12-13,15H,3-11,19H2,1-2H3. The molecule has 0 amide bonds. The molecule has 0 unspecified atom stereocenters. The number of piperidine rings is 1. The smallest absolute Gasteiger partial charge is 0.143 e. The van der Waals surface area contributed by atoms with Crippen LogP contribution in [-0.4, -0.2) is 44.2 Å². The van der Waals surface area contributed by atoms with Crippen molar-refractivity contribution in [3.63, 3.8) is 0 Å². The Bertz CT molecular complexity index is 503. The SMILES string of the molecule is CCc1cc(N)c(OC)cc1N1CCC(N2CCCC2)CC1. The first kappa shape index (κ1) is 15.5. The molecule has 2 saturated heterocycles. The predicted octanol–water partition coefficient (Wildman–Crippen LogP) is 2.90. The first-order valence-corrected chi connectivity index (χ1v) is 8.68. The van der Waals surface area contributed by atoms with Gasteiger partial charge in [0, 0.05) is 30.9 Å².